The number of rotatable bonds is 4. The summed E-state index contributed by atoms with van der Waals surface area (Å²) in [5.74, 6) is -3.74. The van der Waals surface area contributed by atoms with Gasteiger partial charge in [-0.1, -0.05) is 24.3 Å². The highest BCUT2D eigenvalue weighted by Crippen LogP contribution is 2.39. The fourth-order valence-corrected chi connectivity index (χ4v) is 3.12. The number of alkyl halides is 2. The number of ether oxygens (including phenoxy) is 1. The van der Waals surface area contributed by atoms with E-state index in [1.807, 2.05) is 0 Å². The summed E-state index contributed by atoms with van der Waals surface area (Å²) in [4.78, 5) is 15.6. The lowest BCUT2D eigenvalue weighted by atomic mass is 10.1. The Morgan fingerprint density at radius 3 is 2.52 bits per heavy atom. The molecular weight excluding hydrogens is 320 g/mol. The predicted octanol–water partition coefficient (Wildman–Crippen LogP) is 4.61. The van der Waals surface area contributed by atoms with Crippen molar-refractivity contribution in [2.75, 3.05) is 6.61 Å². The van der Waals surface area contributed by atoms with Gasteiger partial charge in [0.25, 0.3) is 0 Å². The highest BCUT2D eigenvalue weighted by molar-refractivity contribution is 7.18. The van der Waals surface area contributed by atoms with Gasteiger partial charge in [-0.05, 0) is 31.2 Å². The summed E-state index contributed by atoms with van der Waals surface area (Å²) in [6.45, 7) is 1.93. The minimum Gasteiger partial charge on any atom is -0.462 e. The van der Waals surface area contributed by atoms with E-state index in [0.29, 0.717) is 10.2 Å². The van der Waals surface area contributed by atoms with E-state index in [1.165, 1.54) is 24.3 Å². The van der Waals surface area contributed by atoms with Crippen molar-refractivity contribution in [2.24, 2.45) is 0 Å². The molecule has 0 saturated heterocycles. The molecule has 3 aromatic rings. The number of benzene rings is 2. The van der Waals surface area contributed by atoms with Crippen LogP contribution in [0.1, 0.15) is 27.9 Å². The molecule has 6 heteroatoms. The van der Waals surface area contributed by atoms with Crippen molar-refractivity contribution in [1.82, 2.24) is 4.98 Å². The topological polar surface area (TPSA) is 39.2 Å². The molecular formula is C17H13F2NO2S. The summed E-state index contributed by atoms with van der Waals surface area (Å²) in [6, 6.07) is 12.2. The maximum absolute atomic E-state index is 14.6. The normalized spacial score (nSPS) is 11.6. The van der Waals surface area contributed by atoms with E-state index in [-0.39, 0.29) is 22.7 Å². The Morgan fingerprint density at radius 1 is 1.17 bits per heavy atom. The van der Waals surface area contributed by atoms with Crippen molar-refractivity contribution in [1.29, 1.82) is 0 Å². The molecule has 1 aromatic heterocycles. The van der Waals surface area contributed by atoms with Crippen LogP contribution in [0, 0.1) is 0 Å². The van der Waals surface area contributed by atoms with Gasteiger partial charge in [0.1, 0.15) is 0 Å². The highest BCUT2D eigenvalue weighted by atomic mass is 32.1. The maximum atomic E-state index is 14.6. The molecule has 0 aliphatic heterocycles. The van der Waals surface area contributed by atoms with Crippen molar-refractivity contribution < 1.29 is 18.3 Å². The third-order valence-corrected chi connectivity index (χ3v) is 4.43. The first kappa shape index (κ1) is 15.6. The van der Waals surface area contributed by atoms with Crippen LogP contribution < -0.4 is 0 Å². The van der Waals surface area contributed by atoms with E-state index < -0.39 is 11.9 Å². The summed E-state index contributed by atoms with van der Waals surface area (Å²) in [5, 5.41) is -0.261. The molecule has 3 rings (SSSR count). The van der Waals surface area contributed by atoms with Crippen LogP contribution in [-0.2, 0) is 10.7 Å². The van der Waals surface area contributed by atoms with Gasteiger partial charge in [0.2, 0.25) is 0 Å². The number of esters is 1. The number of hydrogen-bond donors (Lipinski definition) is 0. The van der Waals surface area contributed by atoms with Crippen LogP contribution in [0.2, 0.25) is 0 Å². The van der Waals surface area contributed by atoms with Crippen molar-refractivity contribution in [3.05, 3.63) is 64.7 Å². The number of halogens is 2. The molecule has 0 aliphatic carbocycles. The predicted molar refractivity (Wildman–Crippen MR) is 85.0 cm³/mol. The second-order valence-electron chi connectivity index (χ2n) is 4.86. The number of carbonyl (C=O) groups excluding carboxylic acids is 1. The minimum absolute atomic E-state index is 0.204. The van der Waals surface area contributed by atoms with Gasteiger partial charge in [0, 0.05) is 5.56 Å². The summed E-state index contributed by atoms with van der Waals surface area (Å²) >= 11 is 0.965. The Labute approximate surface area is 135 Å². The highest BCUT2D eigenvalue weighted by Gasteiger charge is 2.37. The average molecular weight is 333 g/mol. The maximum Gasteiger partial charge on any atom is 0.338 e. The molecule has 0 amide bonds. The first-order chi connectivity index (χ1) is 11.0. The largest absolute Gasteiger partial charge is 0.462 e. The van der Waals surface area contributed by atoms with Gasteiger partial charge in [-0.25, -0.2) is 9.78 Å². The van der Waals surface area contributed by atoms with Gasteiger partial charge in [0.15, 0.2) is 5.01 Å². The Kier molecular flexibility index (Phi) is 4.09. The van der Waals surface area contributed by atoms with Gasteiger partial charge in [-0.2, -0.15) is 8.78 Å². The van der Waals surface area contributed by atoms with E-state index >= 15 is 0 Å². The van der Waals surface area contributed by atoms with Gasteiger partial charge in [-0.15, -0.1) is 11.3 Å². The Morgan fingerprint density at radius 2 is 1.87 bits per heavy atom. The van der Waals surface area contributed by atoms with Gasteiger partial charge in [-0.3, -0.25) is 0 Å². The lowest BCUT2D eigenvalue weighted by molar-refractivity contribution is 0.0423. The average Bonchev–Trinajstić information content (AvgIpc) is 3.00. The standard InChI is InChI=1S/C17H13F2NO2S/c1-2-22-15(21)11-7-9-12(10-8-11)17(18,19)16-20-13-5-3-4-6-14(13)23-16/h3-10H,2H2,1H3. The fraction of sp³-hybridized carbons (Fsp3) is 0.176. The van der Waals surface area contributed by atoms with Crippen LogP contribution >= 0.6 is 11.3 Å². The fourth-order valence-electron chi connectivity index (χ4n) is 2.16. The van der Waals surface area contributed by atoms with E-state index in [0.717, 1.165) is 11.3 Å². The second kappa shape index (κ2) is 6.04. The van der Waals surface area contributed by atoms with Crippen LogP contribution in [0.15, 0.2) is 48.5 Å². The molecule has 3 nitrogen and oxygen atoms in total. The number of para-hydroxylation sites is 1. The van der Waals surface area contributed by atoms with Crippen molar-refractivity contribution >= 4 is 27.5 Å². The number of aromatic nitrogens is 1. The van der Waals surface area contributed by atoms with E-state index in [2.05, 4.69) is 4.98 Å². The van der Waals surface area contributed by atoms with Crippen LogP contribution in [-0.4, -0.2) is 17.6 Å². The molecule has 0 unspecified atom stereocenters. The molecule has 23 heavy (non-hydrogen) atoms. The van der Waals surface area contributed by atoms with E-state index in [9.17, 15) is 13.6 Å². The van der Waals surface area contributed by atoms with Crippen LogP contribution in [0.5, 0.6) is 0 Å². The van der Waals surface area contributed by atoms with Crippen LogP contribution in [0.25, 0.3) is 10.2 Å². The van der Waals surface area contributed by atoms with Crippen LogP contribution in [0.4, 0.5) is 8.78 Å². The number of thiazole rings is 1. The number of fused-ring (bicyclic) bond motifs is 1. The molecule has 0 fully saturated rings. The first-order valence-electron chi connectivity index (χ1n) is 7.04. The van der Waals surface area contributed by atoms with E-state index in [1.54, 1.807) is 31.2 Å². The molecule has 0 atom stereocenters. The minimum atomic E-state index is -3.21. The lowest BCUT2D eigenvalue weighted by Crippen LogP contribution is -2.15. The Balaban J connectivity index is 1.94. The van der Waals surface area contributed by atoms with Crippen molar-refractivity contribution in [3.63, 3.8) is 0 Å². The zero-order chi connectivity index (χ0) is 16.4. The SMILES string of the molecule is CCOC(=O)c1ccc(C(F)(F)c2nc3ccccc3s2)cc1. The van der Waals surface area contributed by atoms with Crippen molar-refractivity contribution in [3.8, 4) is 0 Å². The quantitative estimate of drug-likeness (QED) is 0.654. The zero-order valence-electron chi connectivity index (χ0n) is 12.3. The summed E-state index contributed by atoms with van der Waals surface area (Å²) < 4.78 is 34.8. The zero-order valence-corrected chi connectivity index (χ0v) is 13.1. The number of carbonyl (C=O) groups is 1. The summed E-state index contributed by atoms with van der Waals surface area (Å²) in [7, 11) is 0. The third-order valence-electron chi connectivity index (χ3n) is 3.32. The molecule has 0 aliphatic rings. The molecule has 2 aromatic carbocycles. The molecule has 1 heterocycles. The molecule has 0 spiro atoms. The molecule has 118 valence electrons. The van der Waals surface area contributed by atoms with Gasteiger partial charge >= 0.3 is 11.9 Å². The van der Waals surface area contributed by atoms with Gasteiger partial charge in [0.05, 0.1) is 22.4 Å². The number of hydrogen-bond acceptors (Lipinski definition) is 4. The monoisotopic (exact) mass is 333 g/mol. The summed E-state index contributed by atoms with van der Waals surface area (Å²) in [5.41, 5.74) is 0.593. The third kappa shape index (κ3) is 2.94. The summed E-state index contributed by atoms with van der Waals surface area (Å²) in [6.07, 6.45) is 0. The molecule has 0 bridgehead atoms. The second-order valence-corrected chi connectivity index (χ2v) is 5.89. The Hall–Kier alpha value is -2.34. The molecule has 0 saturated carbocycles. The smallest absolute Gasteiger partial charge is 0.338 e. The molecule has 0 N–H and O–H groups in total. The van der Waals surface area contributed by atoms with E-state index in [4.69, 9.17) is 4.74 Å². The van der Waals surface area contributed by atoms with Gasteiger partial charge < -0.3 is 4.74 Å². The Bertz CT molecular complexity index is 810. The number of nitrogens with zero attached hydrogens (tertiary/aromatic N) is 1. The lowest BCUT2D eigenvalue weighted by Gasteiger charge is -2.14. The van der Waals surface area contributed by atoms with Crippen LogP contribution in [0.3, 0.4) is 0 Å². The van der Waals surface area contributed by atoms with Crippen molar-refractivity contribution in [2.45, 2.75) is 12.8 Å². The first-order valence-corrected chi connectivity index (χ1v) is 7.85. The molecule has 0 radical (unpaired) electrons.